The number of hydrogen-bond acceptors (Lipinski definition) is 8. The SMILES string of the molecule is COc1cc2cc(C(F)(F)CCC(=O)O)sc2cc1CCCOc1cc2cc(C(=O)CCC(=O)O)sc2cc1OC. The number of carboxylic acid groups (broad SMARTS) is 2. The molecule has 12 heteroatoms. The fraction of sp³-hybridized carbons (Fsp3) is 0.345. The van der Waals surface area contributed by atoms with Gasteiger partial charge >= 0.3 is 11.9 Å². The first-order valence-corrected chi connectivity index (χ1v) is 14.3. The zero-order valence-corrected chi connectivity index (χ0v) is 24.0. The summed E-state index contributed by atoms with van der Waals surface area (Å²) in [6, 6.07) is 10.2. The Hall–Kier alpha value is -3.77. The van der Waals surface area contributed by atoms with E-state index in [0.717, 1.165) is 27.0 Å². The summed E-state index contributed by atoms with van der Waals surface area (Å²) in [4.78, 5) is 34.2. The van der Waals surface area contributed by atoms with E-state index in [9.17, 15) is 23.2 Å². The Balaban J connectivity index is 1.44. The van der Waals surface area contributed by atoms with E-state index in [1.54, 1.807) is 24.3 Å². The van der Waals surface area contributed by atoms with E-state index in [0.29, 0.717) is 51.7 Å². The molecule has 0 spiro atoms. The minimum atomic E-state index is -3.24. The molecule has 0 saturated heterocycles. The number of Topliss-reactive ketones (excluding diaryl/α,β-unsaturated/α-hetero) is 1. The number of fused-ring (bicyclic) bond motifs is 2. The van der Waals surface area contributed by atoms with Crippen molar-refractivity contribution in [3.8, 4) is 17.2 Å². The average Bonchev–Trinajstić information content (AvgIpc) is 3.55. The molecule has 0 radical (unpaired) electrons. The summed E-state index contributed by atoms with van der Waals surface area (Å²) >= 11 is 2.21. The fourth-order valence-corrected chi connectivity index (χ4v) is 6.46. The van der Waals surface area contributed by atoms with Crippen LogP contribution in [0.3, 0.4) is 0 Å². The van der Waals surface area contributed by atoms with Crippen molar-refractivity contribution < 1.29 is 47.6 Å². The summed E-state index contributed by atoms with van der Waals surface area (Å²) in [6.45, 7) is 0.320. The van der Waals surface area contributed by atoms with Crippen LogP contribution in [-0.2, 0) is 21.9 Å². The lowest BCUT2D eigenvalue weighted by Gasteiger charge is -2.12. The predicted molar refractivity (Wildman–Crippen MR) is 153 cm³/mol. The number of methoxy groups -OCH3 is 2. The molecule has 0 aliphatic heterocycles. The van der Waals surface area contributed by atoms with Crippen molar-refractivity contribution in [3.05, 3.63) is 51.7 Å². The molecule has 0 aliphatic carbocycles. The molecule has 4 aromatic rings. The van der Waals surface area contributed by atoms with Crippen molar-refractivity contribution in [3.63, 3.8) is 0 Å². The van der Waals surface area contributed by atoms with Crippen LogP contribution in [0.2, 0.25) is 0 Å². The van der Waals surface area contributed by atoms with E-state index < -0.39 is 30.7 Å². The summed E-state index contributed by atoms with van der Waals surface area (Å²) in [7, 11) is 3.03. The zero-order valence-electron chi connectivity index (χ0n) is 22.3. The minimum absolute atomic E-state index is 0.0716. The van der Waals surface area contributed by atoms with Gasteiger partial charge in [0.2, 0.25) is 0 Å². The molecule has 2 aromatic heterocycles. The molecule has 2 N–H and O–H groups in total. The lowest BCUT2D eigenvalue weighted by atomic mass is 10.1. The van der Waals surface area contributed by atoms with Gasteiger partial charge in [0.25, 0.3) is 5.92 Å². The number of ketones is 1. The zero-order chi connectivity index (χ0) is 29.7. The van der Waals surface area contributed by atoms with E-state index >= 15 is 0 Å². The summed E-state index contributed by atoms with van der Waals surface area (Å²) in [5.74, 6) is -4.20. The van der Waals surface area contributed by atoms with Crippen molar-refractivity contribution in [1.82, 2.24) is 0 Å². The Morgan fingerprint density at radius 3 is 2.15 bits per heavy atom. The molecular formula is C29H28F2O8S2. The van der Waals surface area contributed by atoms with Crippen LogP contribution in [0.15, 0.2) is 36.4 Å². The van der Waals surface area contributed by atoms with Gasteiger partial charge < -0.3 is 24.4 Å². The number of ether oxygens (including phenoxy) is 3. The van der Waals surface area contributed by atoms with Crippen LogP contribution in [0.1, 0.15) is 52.2 Å². The second-order valence-electron chi connectivity index (χ2n) is 9.33. The lowest BCUT2D eigenvalue weighted by Crippen LogP contribution is -2.13. The van der Waals surface area contributed by atoms with Crippen molar-refractivity contribution in [1.29, 1.82) is 0 Å². The van der Waals surface area contributed by atoms with Gasteiger partial charge in [-0.25, -0.2) is 8.78 Å². The molecule has 2 heterocycles. The van der Waals surface area contributed by atoms with Gasteiger partial charge in [0.1, 0.15) is 5.75 Å². The van der Waals surface area contributed by atoms with Gasteiger partial charge in [-0.2, -0.15) is 0 Å². The predicted octanol–water partition coefficient (Wildman–Crippen LogP) is 7.15. The molecule has 0 fully saturated rings. The molecule has 0 bridgehead atoms. The number of benzene rings is 2. The molecular weight excluding hydrogens is 578 g/mol. The first-order chi connectivity index (χ1) is 19.5. The van der Waals surface area contributed by atoms with Crippen LogP contribution in [0.5, 0.6) is 17.2 Å². The van der Waals surface area contributed by atoms with Crippen molar-refractivity contribution in [2.75, 3.05) is 20.8 Å². The van der Waals surface area contributed by atoms with E-state index in [1.165, 1.54) is 31.6 Å². The third kappa shape index (κ3) is 7.31. The van der Waals surface area contributed by atoms with Crippen molar-refractivity contribution in [2.24, 2.45) is 0 Å². The maximum absolute atomic E-state index is 14.6. The fourth-order valence-electron chi connectivity index (χ4n) is 4.31. The van der Waals surface area contributed by atoms with Crippen LogP contribution in [0.4, 0.5) is 8.78 Å². The molecule has 0 aliphatic rings. The van der Waals surface area contributed by atoms with Crippen LogP contribution < -0.4 is 14.2 Å². The highest BCUT2D eigenvalue weighted by molar-refractivity contribution is 7.21. The number of halogens is 2. The molecule has 0 amide bonds. The maximum atomic E-state index is 14.6. The van der Waals surface area contributed by atoms with Crippen LogP contribution in [0, 0.1) is 0 Å². The molecule has 0 atom stereocenters. The number of rotatable bonds is 15. The lowest BCUT2D eigenvalue weighted by molar-refractivity contribution is -0.139. The van der Waals surface area contributed by atoms with Gasteiger partial charge in [0.05, 0.1) is 43.4 Å². The Labute approximate surface area is 242 Å². The first-order valence-electron chi connectivity index (χ1n) is 12.7. The van der Waals surface area contributed by atoms with Crippen LogP contribution in [0.25, 0.3) is 20.2 Å². The molecule has 41 heavy (non-hydrogen) atoms. The number of hydrogen-bond donors (Lipinski definition) is 2. The van der Waals surface area contributed by atoms with Gasteiger partial charge in [-0.3, -0.25) is 14.4 Å². The summed E-state index contributed by atoms with van der Waals surface area (Å²) in [5.41, 5.74) is 0.829. The third-order valence-corrected chi connectivity index (χ3v) is 8.77. The van der Waals surface area contributed by atoms with Crippen LogP contribution >= 0.6 is 22.7 Å². The molecule has 0 saturated carbocycles. The number of aryl methyl sites for hydroxylation is 1. The second kappa shape index (κ2) is 12.8. The highest BCUT2D eigenvalue weighted by atomic mass is 32.1. The quantitative estimate of drug-likeness (QED) is 0.108. The van der Waals surface area contributed by atoms with Gasteiger partial charge in [-0.05, 0) is 59.5 Å². The van der Waals surface area contributed by atoms with E-state index in [4.69, 9.17) is 24.4 Å². The molecule has 4 rings (SSSR count). The number of carbonyl (C=O) groups is 3. The molecule has 218 valence electrons. The number of carbonyl (C=O) groups excluding carboxylic acids is 1. The highest BCUT2D eigenvalue weighted by Gasteiger charge is 2.34. The van der Waals surface area contributed by atoms with Gasteiger partial charge in [-0.1, -0.05) is 0 Å². The van der Waals surface area contributed by atoms with E-state index in [-0.39, 0.29) is 23.5 Å². The summed E-state index contributed by atoms with van der Waals surface area (Å²) < 4.78 is 47.6. The highest BCUT2D eigenvalue weighted by Crippen LogP contribution is 2.42. The monoisotopic (exact) mass is 606 g/mol. The topological polar surface area (TPSA) is 119 Å². The Morgan fingerprint density at radius 1 is 0.805 bits per heavy atom. The Kier molecular flexibility index (Phi) is 9.44. The van der Waals surface area contributed by atoms with E-state index in [1.807, 2.05) is 6.07 Å². The summed E-state index contributed by atoms with van der Waals surface area (Å²) in [6.07, 6.45) is -0.551. The Bertz CT molecular complexity index is 1590. The smallest absolute Gasteiger partial charge is 0.303 e. The van der Waals surface area contributed by atoms with Crippen LogP contribution in [-0.4, -0.2) is 48.8 Å². The Morgan fingerprint density at radius 2 is 1.46 bits per heavy atom. The number of aliphatic carboxylic acids is 2. The minimum Gasteiger partial charge on any atom is -0.496 e. The largest absolute Gasteiger partial charge is 0.496 e. The maximum Gasteiger partial charge on any atom is 0.303 e. The van der Waals surface area contributed by atoms with Crippen molar-refractivity contribution >= 4 is 60.6 Å². The third-order valence-electron chi connectivity index (χ3n) is 6.42. The number of carboxylic acids is 2. The van der Waals surface area contributed by atoms with Crippen molar-refractivity contribution in [2.45, 2.75) is 44.4 Å². The molecule has 8 nitrogen and oxygen atoms in total. The molecule has 2 aromatic carbocycles. The van der Waals surface area contributed by atoms with Gasteiger partial charge in [0, 0.05) is 28.3 Å². The average molecular weight is 607 g/mol. The number of thiophene rings is 2. The number of alkyl halides is 2. The summed E-state index contributed by atoms with van der Waals surface area (Å²) in [5, 5.41) is 19.0. The van der Waals surface area contributed by atoms with E-state index in [2.05, 4.69) is 0 Å². The van der Waals surface area contributed by atoms with Gasteiger partial charge in [-0.15, -0.1) is 22.7 Å². The first kappa shape index (κ1) is 30.2. The molecule has 0 unspecified atom stereocenters. The standard InChI is InChI=1S/C29H28F2O8S2/c1-37-20-10-18-14-26(29(30,31)8-7-28(35)36)41-23(18)12-16(20)4-3-9-39-22-11-17-13-25(19(32)5-6-27(33)34)40-24(17)15-21(22)38-2/h10-15H,3-9H2,1-2H3,(H,33,34)(H,35,36). The second-order valence-corrected chi connectivity index (χ2v) is 11.5. The van der Waals surface area contributed by atoms with Gasteiger partial charge in [0.15, 0.2) is 17.3 Å². The normalized spacial score (nSPS) is 11.6.